The number of aromatic nitrogens is 2. The first-order valence-corrected chi connectivity index (χ1v) is 6.88. The van der Waals surface area contributed by atoms with Crippen LogP contribution in [0.5, 0.6) is 11.5 Å². The monoisotopic (exact) mass is 314 g/mol. The normalized spacial score (nSPS) is 11.0. The van der Waals surface area contributed by atoms with Gasteiger partial charge in [-0.25, -0.2) is 14.8 Å². The standard InChI is InChI=1S/C17H18N2O4/c1-11(5-16(20)22-3)12-6-14(13-8-18-10-19-9-13)17(23-4)15(7-12)21-2/h5-10H,1-4H3/b11-5+. The average Bonchev–Trinajstić information content (AvgIpc) is 2.60. The summed E-state index contributed by atoms with van der Waals surface area (Å²) in [5.74, 6) is 0.722. The van der Waals surface area contributed by atoms with Gasteiger partial charge in [0.2, 0.25) is 0 Å². The highest BCUT2D eigenvalue weighted by Gasteiger charge is 2.15. The minimum Gasteiger partial charge on any atom is -0.493 e. The Morgan fingerprint density at radius 2 is 1.78 bits per heavy atom. The van der Waals surface area contributed by atoms with Gasteiger partial charge in [-0.3, -0.25) is 0 Å². The number of hydrogen-bond acceptors (Lipinski definition) is 6. The Balaban J connectivity index is 2.63. The van der Waals surface area contributed by atoms with Crippen molar-refractivity contribution in [3.05, 3.63) is 42.5 Å². The van der Waals surface area contributed by atoms with Gasteiger partial charge in [-0.1, -0.05) is 0 Å². The van der Waals surface area contributed by atoms with Gasteiger partial charge in [0, 0.05) is 29.6 Å². The fourth-order valence-corrected chi connectivity index (χ4v) is 2.16. The Hall–Kier alpha value is -2.89. The molecule has 1 heterocycles. The molecule has 0 saturated heterocycles. The number of methoxy groups -OCH3 is 3. The van der Waals surface area contributed by atoms with Crippen molar-refractivity contribution in [2.24, 2.45) is 0 Å². The maximum absolute atomic E-state index is 11.5. The van der Waals surface area contributed by atoms with Crippen molar-refractivity contribution in [3.63, 3.8) is 0 Å². The summed E-state index contributed by atoms with van der Waals surface area (Å²) in [6, 6.07) is 3.70. The first-order valence-electron chi connectivity index (χ1n) is 6.88. The smallest absolute Gasteiger partial charge is 0.330 e. The summed E-state index contributed by atoms with van der Waals surface area (Å²) in [6.45, 7) is 1.82. The van der Waals surface area contributed by atoms with Gasteiger partial charge in [0.15, 0.2) is 11.5 Å². The summed E-state index contributed by atoms with van der Waals surface area (Å²) < 4.78 is 15.5. The number of carbonyl (C=O) groups excluding carboxylic acids is 1. The molecular formula is C17H18N2O4. The quantitative estimate of drug-likeness (QED) is 0.624. The lowest BCUT2D eigenvalue weighted by Crippen LogP contribution is -1.98. The summed E-state index contributed by atoms with van der Waals surface area (Å²) in [7, 11) is 4.47. The van der Waals surface area contributed by atoms with E-state index in [2.05, 4.69) is 14.7 Å². The molecule has 1 aromatic heterocycles. The van der Waals surface area contributed by atoms with Crippen LogP contribution in [-0.2, 0) is 9.53 Å². The van der Waals surface area contributed by atoms with E-state index < -0.39 is 5.97 Å². The molecule has 0 N–H and O–H groups in total. The summed E-state index contributed by atoms with van der Waals surface area (Å²) in [5.41, 5.74) is 3.12. The van der Waals surface area contributed by atoms with Crippen LogP contribution in [0.1, 0.15) is 12.5 Å². The van der Waals surface area contributed by atoms with E-state index in [0.717, 1.165) is 22.3 Å². The molecule has 0 aliphatic heterocycles. The van der Waals surface area contributed by atoms with E-state index in [1.165, 1.54) is 19.5 Å². The van der Waals surface area contributed by atoms with Gasteiger partial charge in [0.25, 0.3) is 0 Å². The molecule has 0 atom stereocenters. The highest BCUT2D eigenvalue weighted by atomic mass is 16.5. The molecule has 0 amide bonds. The van der Waals surface area contributed by atoms with Gasteiger partial charge in [-0.15, -0.1) is 0 Å². The van der Waals surface area contributed by atoms with Crippen molar-refractivity contribution < 1.29 is 19.0 Å². The van der Waals surface area contributed by atoms with E-state index in [0.29, 0.717) is 11.5 Å². The van der Waals surface area contributed by atoms with Crippen LogP contribution in [0.3, 0.4) is 0 Å². The predicted octanol–water partition coefficient (Wildman–Crippen LogP) is 2.74. The third-order valence-electron chi connectivity index (χ3n) is 3.34. The van der Waals surface area contributed by atoms with E-state index in [4.69, 9.17) is 9.47 Å². The second kappa shape index (κ2) is 7.40. The zero-order valence-electron chi connectivity index (χ0n) is 13.5. The van der Waals surface area contributed by atoms with Crippen molar-refractivity contribution in [1.29, 1.82) is 0 Å². The molecule has 120 valence electrons. The molecule has 6 heteroatoms. The van der Waals surface area contributed by atoms with E-state index in [1.807, 2.05) is 13.0 Å². The van der Waals surface area contributed by atoms with Crippen molar-refractivity contribution in [2.75, 3.05) is 21.3 Å². The highest BCUT2D eigenvalue weighted by Crippen LogP contribution is 2.40. The molecule has 0 saturated carbocycles. The molecule has 23 heavy (non-hydrogen) atoms. The number of carbonyl (C=O) groups is 1. The third-order valence-corrected chi connectivity index (χ3v) is 3.34. The minimum atomic E-state index is -0.415. The molecule has 0 radical (unpaired) electrons. The zero-order chi connectivity index (χ0) is 16.8. The highest BCUT2D eigenvalue weighted by molar-refractivity contribution is 5.92. The lowest BCUT2D eigenvalue weighted by molar-refractivity contribution is -0.134. The van der Waals surface area contributed by atoms with Crippen LogP contribution in [0.4, 0.5) is 0 Å². The van der Waals surface area contributed by atoms with E-state index >= 15 is 0 Å². The SMILES string of the molecule is COC(=O)/C=C(\C)c1cc(OC)c(OC)c(-c2cncnc2)c1. The second-order valence-corrected chi connectivity index (χ2v) is 4.74. The Morgan fingerprint density at radius 1 is 1.09 bits per heavy atom. The molecular weight excluding hydrogens is 296 g/mol. The van der Waals surface area contributed by atoms with Gasteiger partial charge in [0.1, 0.15) is 6.33 Å². The molecule has 0 spiro atoms. The van der Waals surface area contributed by atoms with Crippen LogP contribution in [0, 0.1) is 0 Å². The van der Waals surface area contributed by atoms with E-state index in [9.17, 15) is 4.79 Å². The Kier molecular flexibility index (Phi) is 5.30. The second-order valence-electron chi connectivity index (χ2n) is 4.74. The predicted molar refractivity (Wildman–Crippen MR) is 86.2 cm³/mol. The van der Waals surface area contributed by atoms with E-state index in [-0.39, 0.29) is 0 Å². The number of esters is 1. The Bertz CT molecular complexity index is 727. The fourth-order valence-electron chi connectivity index (χ4n) is 2.16. The molecule has 2 rings (SSSR count). The zero-order valence-corrected chi connectivity index (χ0v) is 13.5. The molecule has 6 nitrogen and oxygen atoms in total. The third kappa shape index (κ3) is 3.66. The average molecular weight is 314 g/mol. The van der Waals surface area contributed by atoms with Crippen LogP contribution in [0.2, 0.25) is 0 Å². The number of hydrogen-bond donors (Lipinski definition) is 0. The lowest BCUT2D eigenvalue weighted by Gasteiger charge is -2.15. The first-order chi connectivity index (χ1) is 11.1. The fraction of sp³-hybridized carbons (Fsp3) is 0.235. The Labute approximate surface area is 134 Å². The van der Waals surface area contributed by atoms with Gasteiger partial charge < -0.3 is 14.2 Å². The number of allylic oxidation sites excluding steroid dienone is 1. The maximum Gasteiger partial charge on any atom is 0.330 e. The minimum absolute atomic E-state index is 0.415. The lowest BCUT2D eigenvalue weighted by atomic mass is 9.99. The molecule has 0 bridgehead atoms. The number of benzene rings is 1. The molecule has 1 aromatic carbocycles. The maximum atomic E-state index is 11.5. The summed E-state index contributed by atoms with van der Waals surface area (Å²) in [4.78, 5) is 19.5. The molecule has 2 aromatic rings. The van der Waals surface area contributed by atoms with E-state index in [1.54, 1.807) is 32.7 Å². The number of rotatable bonds is 5. The van der Waals surface area contributed by atoms with Gasteiger partial charge >= 0.3 is 5.97 Å². The van der Waals surface area contributed by atoms with Crippen LogP contribution in [-0.4, -0.2) is 37.3 Å². The first kappa shape index (κ1) is 16.5. The van der Waals surface area contributed by atoms with Crippen molar-refractivity contribution in [3.8, 4) is 22.6 Å². The number of ether oxygens (including phenoxy) is 3. The molecule has 0 unspecified atom stereocenters. The van der Waals surface area contributed by atoms with Gasteiger partial charge in [-0.05, 0) is 30.2 Å². The van der Waals surface area contributed by atoms with Crippen LogP contribution < -0.4 is 9.47 Å². The van der Waals surface area contributed by atoms with Crippen LogP contribution >= 0.6 is 0 Å². The number of nitrogens with zero attached hydrogens (tertiary/aromatic N) is 2. The largest absolute Gasteiger partial charge is 0.493 e. The summed E-state index contributed by atoms with van der Waals surface area (Å²) in [5, 5.41) is 0. The summed E-state index contributed by atoms with van der Waals surface area (Å²) in [6.07, 6.45) is 6.26. The molecule has 0 aliphatic rings. The van der Waals surface area contributed by atoms with Gasteiger partial charge in [-0.2, -0.15) is 0 Å². The van der Waals surface area contributed by atoms with Crippen molar-refractivity contribution in [2.45, 2.75) is 6.92 Å². The van der Waals surface area contributed by atoms with Gasteiger partial charge in [0.05, 0.1) is 21.3 Å². The van der Waals surface area contributed by atoms with Crippen molar-refractivity contribution >= 4 is 11.5 Å². The molecule has 0 aliphatic carbocycles. The molecule has 0 fully saturated rings. The van der Waals surface area contributed by atoms with Crippen LogP contribution in [0.25, 0.3) is 16.7 Å². The Morgan fingerprint density at radius 3 is 2.35 bits per heavy atom. The summed E-state index contributed by atoms with van der Waals surface area (Å²) >= 11 is 0. The van der Waals surface area contributed by atoms with Crippen molar-refractivity contribution in [1.82, 2.24) is 9.97 Å². The van der Waals surface area contributed by atoms with Crippen LogP contribution in [0.15, 0.2) is 36.9 Å². The topological polar surface area (TPSA) is 70.5 Å².